The number of halogens is 1. The lowest BCUT2D eigenvalue weighted by molar-refractivity contribution is 0.506. The van der Waals surface area contributed by atoms with E-state index >= 15 is 0 Å². The minimum Gasteiger partial charge on any atom is -0.304 e. The molecule has 0 spiro atoms. The molecule has 0 N–H and O–H groups in total. The number of rotatable bonds is 5. The third-order valence-electron chi connectivity index (χ3n) is 5.52. The Hall–Kier alpha value is -3.61. The minimum absolute atomic E-state index is 0.113. The number of para-hydroxylation sites is 2. The summed E-state index contributed by atoms with van der Waals surface area (Å²) in [6, 6.07) is 13.9. The molecule has 156 valence electrons. The summed E-state index contributed by atoms with van der Waals surface area (Å²) < 4.78 is 16.9. The van der Waals surface area contributed by atoms with Gasteiger partial charge in [0.15, 0.2) is 11.3 Å². The van der Waals surface area contributed by atoms with Crippen LogP contribution in [0.5, 0.6) is 0 Å². The first-order valence-electron chi connectivity index (χ1n) is 10.4. The zero-order valence-corrected chi connectivity index (χ0v) is 17.4. The smallest absolute Gasteiger partial charge is 0.265 e. The molecule has 6 nitrogen and oxygen atoms in total. The summed E-state index contributed by atoms with van der Waals surface area (Å²) in [4.78, 5) is 27.6. The SMILES string of the molecule is CC(C)CCn1cnc2c(c1=O)c1nc3ccccc3nc1n2Cc1ccc(F)cc1. The van der Waals surface area contributed by atoms with Crippen LogP contribution in [0.2, 0.25) is 0 Å². The van der Waals surface area contributed by atoms with Crippen molar-refractivity contribution in [3.05, 3.63) is 76.6 Å². The number of aryl methyl sites for hydroxylation is 1. The molecule has 7 heteroatoms. The molecule has 0 atom stereocenters. The van der Waals surface area contributed by atoms with Gasteiger partial charge in [0.25, 0.3) is 5.56 Å². The highest BCUT2D eigenvalue weighted by molar-refractivity contribution is 6.04. The second kappa shape index (κ2) is 7.58. The van der Waals surface area contributed by atoms with E-state index in [0.29, 0.717) is 41.2 Å². The lowest BCUT2D eigenvalue weighted by Crippen LogP contribution is -2.21. The summed E-state index contributed by atoms with van der Waals surface area (Å²) >= 11 is 0. The minimum atomic E-state index is -0.289. The maximum Gasteiger partial charge on any atom is 0.265 e. The molecule has 0 bridgehead atoms. The summed E-state index contributed by atoms with van der Waals surface area (Å²) in [6.45, 7) is 5.27. The maximum absolute atomic E-state index is 13.4. The van der Waals surface area contributed by atoms with Crippen molar-refractivity contribution in [3.63, 3.8) is 0 Å². The first-order chi connectivity index (χ1) is 15.0. The van der Waals surface area contributed by atoms with Crippen LogP contribution < -0.4 is 5.56 Å². The van der Waals surface area contributed by atoms with Gasteiger partial charge in [-0.2, -0.15) is 0 Å². The molecule has 2 aromatic carbocycles. The van der Waals surface area contributed by atoms with Crippen molar-refractivity contribution >= 4 is 33.2 Å². The molecule has 0 saturated carbocycles. The van der Waals surface area contributed by atoms with Gasteiger partial charge in [-0.25, -0.2) is 19.3 Å². The number of benzene rings is 2. The Balaban J connectivity index is 1.78. The van der Waals surface area contributed by atoms with Gasteiger partial charge in [0, 0.05) is 6.54 Å². The van der Waals surface area contributed by atoms with E-state index in [-0.39, 0.29) is 11.4 Å². The highest BCUT2D eigenvalue weighted by atomic mass is 19.1. The van der Waals surface area contributed by atoms with Crippen molar-refractivity contribution in [1.29, 1.82) is 0 Å². The largest absolute Gasteiger partial charge is 0.304 e. The van der Waals surface area contributed by atoms with E-state index in [0.717, 1.165) is 23.0 Å². The molecule has 3 heterocycles. The van der Waals surface area contributed by atoms with Crippen LogP contribution in [0.25, 0.3) is 33.2 Å². The van der Waals surface area contributed by atoms with Gasteiger partial charge < -0.3 is 4.57 Å². The Morgan fingerprint density at radius 2 is 1.68 bits per heavy atom. The van der Waals surface area contributed by atoms with Crippen LogP contribution in [0.4, 0.5) is 4.39 Å². The number of hydrogen-bond donors (Lipinski definition) is 0. The molecule has 0 aliphatic carbocycles. The van der Waals surface area contributed by atoms with E-state index in [1.54, 1.807) is 23.0 Å². The topological polar surface area (TPSA) is 65.6 Å². The predicted molar refractivity (Wildman–Crippen MR) is 120 cm³/mol. The molecule has 0 amide bonds. The lowest BCUT2D eigenvalue weighted by Gasteiger charge is -2.09. The average Bonchev–Trinajstić information content (AvgIpc) is 3.06. The van der Waals surface area contributed by atoms with Crippen LogP contribution in [0, 0.1) is 11.7 Å². The highest BCUT2D eigenvalue weighted by Gasteiger charge is 2.20. The Labute approximate surface area is 178 Å². The summed E-state index contributed by atoms with van der Waals surface area (Å²) in [7, 11) is 0. The van der Waals surface area contributed by atoms with Crippen LogP contribution >= 0.6 is 0 Å². The van der Waals surface area contributed by atoms with Gasteiger partial charge >= 0.3 is 0 Å². The van der Waals surface area contributed by atoms with Crippen molar-refractivity contribution in [2.75, 3.05) is 0 Å². The van der Waals surface area contributed by atoms with Crippen molar-refractivity contribution < 1.29 is 4.39 Å². The third-order valence-corrected chi connectivity index (χ3v) is 5.52. The first-order valence-corrected chi connectivity index (χ1v) is 10.4. The Morgan fingerprint density at radius 1 is 0.968 bits per heavy atom. The van der Waals surface area contributed by atoms with E-state index < -0.39 is 0 Å². The van der Waals surface area contributed by atoms with Crippen LogP contribution in [0.15, 0.2) is 59.7 Å². The number of hydrogen-bond acceptors (Lipinski definition) is 4. The number of nitrogens with zero attached hydrogens (tertiary/aromatic N) is 5. The third kappa shape index (κ3) is 3.46. The second-order valence-corrected chi connectivity index (χ2v) is 8.22. The Bertz CT molecular complexity index is 1470. The van der Waals surface area contributed by atoms with Crippen molar-refractivity contribution in [3.8, 4) is 0 Å². The van der Waals surface area contributed by atoms with E-state index in [1.807, 2.05) is 28.8 Å². The summed E-state index contributed by atoms with van der Waals surface area (Å²) in [5.74, 6) is 0.189. The molecule has 0 unspecified atom stereocenters. The molecular weight excluding hydrogens is 393 g/mol. The van der Waals surface area contributed by atoms with Crippen molar-refractivity contribution in [1.82, 2.24) is 24.1 Å². The summed E-state index contributed by atoms with van der Waals surface area (Å²) in [6.07, 6.45) is 2.49. The Morgan fingerprint density at radius 3 is 2.39 bits per heavy atom. The number of aromatic nitrogens is 5. The van der Waals surface area contributed by atoms with E-state index in [4.69, 9.17) is 9.97 Å². The maximum atomic E-state index is 13.4. The summed E-state index contributed by atoms with van der Waals surface area (Å²) in [5.41, 5.74) is 3.95. The molecule has 31 heavy (non-hydrogen) atoms. The van der Waals surface area contributed by atoms with Gasteiger partial charge in [0.05, 0.1) is 23.9 Å². The van der Waals surface area contributed by atoms with Gasteiger partial charge in [-0.05, 0) is 42.2 Å². The fourth-order valence-corrected chi connectivity index (χ4v) is 3.82. The zero-order valence-electron chi connectivity index (χ0n) is 17.4. The molecule has 0 fully saturated rings. The van der Waals surface area contributed by atoms with Gasteiger partial charge in [0.1, 0.15) is 16.7 Å². The fraction of sp³-hybridized carbons (Fsp3) is 0.250. The van der Waals surface area contributed by atoms with Crippen LogP contribution in [0.3, 0.4) is 0 Å². The fourth-order valence-electron chi connectivity index (χ4n) is 3.82. The van der Waals surface area contributed by atoms with Crippen LogP contribution in [-0.2, 0) is 13.1 Å². The Kier molecular flexibility index (Phi) is 4.73. The van der Waals surface area contributed by atoms with E-state index in [9.17, 15) is 9.18 Å². The molecule has 5 aromatic rings. The van der Waals surface area contributed by atoms with Gasteiger partial charge in [-0.3, -0.25) is 9.36 Å². The lowest BCUT2D eigenvalue weighted by atomic mass is 10.1. The quantitative estimate of drug-likeness (QED) is 0.423. The van der Waals surface area contributed by atoms with E-state index in [1.165, 1.54) is 12.1 Å². The number of fused-ring (bicyclic) bond motifs is 4. The second-order valence-electron chi connectivity index (χ2n) is 8.22. The van der Waals surface area contributed by atoms with Crippen LogP contribution in [0.1, 0.15) is 25.8 Å². The standard InChI is InChI=1S/C24H22FN5O/c1-15(2)11-12-29-14-26-22-20(24(29)31)21-23(28-19-6-4-3-5-18(19)27-21)30(22)13-16-7-9-17(25)10-8-16/h3-10,14-15H,11-13H2,1-2H3. The van der Waals surface area contributed by atoms with Crippen molar-refractivity contribution in [2.24, 2.45) is 5.92 Å². The molecule has 0 aliphatic heterocycles. The van der Waals surface area contributed by atoms with Crippen molar-refractivity contribution in [2.45, 2.75) is 33.4 Å². The van der Waals surface area contributed by atoms with Gasteiger partial charge in [-0.15, -0.1) is 0 Å². The van der Waals surface area contributed by atoms with Crippen LogP contribution in [-0.4, -0.2) is 24.1 Å². The van der Waals surface area contributed by atoms with Gasteiger partial charge in [-0.1, -0.05) is 38.1 Å². The summed E-state index contributed by atoms with van der Waals surface area (Å²) in [5, 5.41) is 0.474. The highest BCUT2D eigenvalue weighted by Crippen LogP contribution is 2.26. The molecule has 0 saturated heterocycles. The van der Waals surface area contributed by atoms with Gasteiger partial charge in [0.2, 0.25) is 0 Å². The molecule has 3 aromatic heterocycles. The zero-order chi connectivity index (χ0) is 21.5. The normalized spacial score (nSPS) is 11.9. The molecular formula is C24H22FN5O. The average molecular weight is 415 g/mol. The predicted octanol–water partition coefficient (Wildman–Crippen LogP) is 4.53. The monoisotopic (exact) mass is 415 g/mol. The molecule has 0 aliphatic rings. The molecule has 0 radical (unpaired) electrons. The van der Waals surface area contributed by atoms with E-state index in [2.05, 4.69) is 18.8 Å². The first kappa shape index (κ1) is 19.4. The molecule has 5 rings (SSSR count).